The van der Waals surface area contributed by atoms with Crippen LogP contribution in [0.3, 0.4) is 0 Å². The number of halogens is 1. The lowest BCUT2D eigenvalue weighted by molar-refractivity contribution is 0.0905. The van der Waals surface area contributed by atoms with E-state index < -0.39 is 11.9 Å². The predicted molar refractivity (Wildman–Crippen MR) is 126 cm³/mol. The second-order valence-corrected chi connectivity index (χ2v) is 9.84. The number of furan rings is 1. The summed E-state index contributed by atoms with van der Waals surface area (Å²) in [4.78, 5) is 17.5. The number of thioether (sulfide) groups is 1. The van der Waals surface area contributed by atoms with Crippen molar-refractivity contribution in [2.45, 2.75) is 30.0 Å². The molecule has 0 aliphatic carbocycles. The maximum Gasteiger partial charge on any atom is 0.288 e. The molecule has 0 bridgehead atoms. The summed E-state index contributed by atoms with van der Waals surface area (Å²) in [6.45, 7) is 3.63. The fourth-order valence-corrected chi connectivity index (χ4v) is 5.19. The topological polar surface area (TPSA) is 107 Å². The summed E-state index contributed by atoms with van der Waals surface area (Å²) in [7, 11) is 0. The van der Waals surface area contributed by atoms with Crippen LogP contribution in [0.2, 0.25) is 0 Å². The van der Waals surface area contributed by atoms with Gasteiger partial charge in [0.15, 0.2) is 10.1 Å². The third kappa shape index (κ3) is 4.57. The number of aromatic nitrogens is 4. The van der Waals surface area contributed by atoms with Crippen molar-refractivity contribution in [1.82, 2.24) is 25.7 Å². The minimum Gasteiger partial charge on any atom is -0.451 e. The van der Waals surface area contributed by atoms with Crippen LogP contribution in [0.15, 0.2) is 61.8 Å². The number of carbonyl (C=O) groups is 1. The van der Waals surface area contributed by atoms with Crippen LogP contribution in [0.5, 0.6) is 0 Å². The molecule has 3 aromatic heterocycles. The lowest BCUT2D eigenvalue weighted by atomic mass is 10.1. The van der Waals surface area contributed by atoms with Crippen LogP contribution in [0.25, 0.3) is 22.4 Å². The van der Waals surface area contributed by atoms with E-state index in [1.165, 1.54) is 35.2 Å². The predicted octanol–water partition coefficient (Wildman–Crippen LogP) is 5.57. The molecule has 0 spiro atoms. The van der Waals surface area contributed by atoms with Crippen LogP contribution in [-0.4, -0.2) is 26.2 Å². The van der Waals surface area contributed by atoms with Gasteiger partial charge in [0.25, 0.3) is 5.91 Å². The van der Waals surface area contributed by atoms with Crippen molar-refractivity contribution in [3.8, 4) is 11.4 Å². The lowest BCUT2D eigenvalue weighted by Crippen LogP contribution is -2.27. The molecule has 34 heavy (non-hydrogen) atoms. The zero-order chi connectivity index (χ0) is 23.7. The quantitative estimate of drug-likeness (QED) is 0.292. The Kier molecular flexibility index (Phi) is 6.12. The van der Waals surface area contributed by atoms with Crippen molar-refractivity contribution in [1.29, 1.82) is 0 Å². The molecule has 1 atom stereocenters. The highest BCUT2D eigenvalue weighted by molar-refractivity contribution is 8.00. The van der Waals surface area contributed by atoms with Gasteiger partial charge >= 0.3 is 0 Å². The summed E-state index contributed by atoms with van der Waals surface area (Å²) in [5.41, 5.74) is 2.01. The Balaban J connectivity index is 1.36. The highest BCUT2D eigenvalue weighted by Gasteiger charge is 2.24. The molecule has 1 N–H and O–H groups in total. The molecule has 8 nitrogen and oxygen atoms in total. The van der Waals surface area contributed by atoms with Crippen molar-refractivity contribution >= 4 is 40.0 Å². The normalized spacial score (nSPS) is 12.2. The van der Waals surface area contributed by atoms with Crippen molar-refractivity contribution in [2.75, 3.05) is 0 Å². The first-order chi connectivity index (χ1) is 16.5. The maximum absolute atomic E-state index is 13.2. The highest BCUT2D eigenvalue weighted by Crippen LogP contribution is 2.33. The third-order valence-corrected chi connectivity index (χ3v) is 7.01. The first kappa shape index (κ1) is 22.2. The average Bonchev–Trinajstić information content (AvgIpc) is 3.56. The molecular formula is C23H18FN5O3S2. The Bertz CT molecular complexity index is 1460. The van der Waals surface area contributed by atoms with Gasteiger partial charge in [0.1, 0.15) is 22.4 Å². The molecule has 3 heterocycles. The molecule has 5 rings (SSSR count). The molecule has 0 fully saturated rings. The van der Waals surface area contributed by atoms with Crippen LogP contribution in [0.1, 0.15) is 40.0 Å². The molecule has 172 valence electrons. The fraction of sp³-hybridized carbons (Fsp3) is 0.174. The van der Waals surface area contributed by atoms with E-state index in [1.54, 1.807) is 19.1 Å². The third-order valence-electron chi connectivity index (χ3n) is 5.01. The zero-order valence-corrected chi connectivity index (χ0v) is 19.7. The summed E-state index contributed by atoms with van der Waals surface area (Å²) >= 11 is 3.00. The number of rotatable bonds is 7. The first-order valence-corrected chi connectivity index (χ1v) is 12.1. The summed E-state index contributed by atoms with van der Waals surface area (Å²) in [5, 5.41) is 16.7. The van der Waals surface area contributed by atoms with E-state index in [0.29, 0.717) is 22.7 Å². The van der Waals surface area contributed by atoms with E-state index in [-0.39, 0.29) is 17.5 Å². The van der Waals surface area contributed by atoms with Crippen molar-refractivity contribution in [3.63, 3.8) is 0 Å². The zero-order valence-electron chi connectivity index (χ0n) is 18.1. The van der Waals surface area contributed by atoms with Gasteiger partial charge in [-0.1, -0.05) is 46.5 Å². The van der Waals surface area contributed by atoms with E-state index in [4.69, 9.17) is 8.94 Å². The Morgan fingerprint density at radius 2 is 1.97 bits per heavy atom. The van der Waals surface area contributed by atoms with E-state index in [2.05, 4.69) is 25.7 Å². The summed E-state index contributed by atoms with van der Waals surface area (Å²) in [6, 6.07) is 12.7. The summed E-state index contributed by atoms with van der Waals surface area (Å²) < 4.78 is 25.2. The number of benzene rings is 2. The van der Waals surface area contributed by atoms with E-state index in [0.717, 1.165) is 20.3 Å². The summed E-state index contributed by atoms with van der Waals surface area (Å²) in [5.74, 6) is 0.509. The molecule has 2 aromatic carbocycles. The van der Waals surface area contributed by atoms with Gasteiger partial charge in [-0.05, 0) is 44.2 Å². The van der Waals surface area contributed by atoms with Gasteiger partial charge in [0.05, 0.1) is 0 Å². The van der Waals surface area contributed by atoms with Gasteiger partial charge in [0, 0.05) is 22.3 Å². The Morgan fingerprint density at radius 1 is 1.18 bits per heavy atom. The van der Waals surface area contributed by atoms with Gasteiger partial charge in [-0.25, -0.2) is 4.39 Å². The van der Waals surface area contributed by atoms with Gasteiger partial charge in [-0.2, -0.15) is 4.98 Å². The number of nitrogens with one attached hydrogen (secondary N) is 1. The van der Waals surface area contributed by atoms with Crippen LogP contribution >= 0.6 is 23.1 Å². The molecule has 0 aliphatic rings. The molecular weight excluding hydrogens is 477 g/mol. The molecule has 1 unspecified atom stereocenters. The van der Waals surface area contributed by atoms with E-state index in [1.807, 2.05) is 31.2 Å². The lowest BCUT2D eigenvalue weighted by Gasteiger charge is -2.09. The molecule has 0 saturated carbocycles. The highest BCUT2D eigenvalue weighted by atomic mass is 32.2. The van der Waals surface area contributed by atoms with Crippen LogP contribution in [-0.2, 0) is 5.75 Å². The Morgan fingerprint density at radius 3 is 2.74 bits per heavy atom. The standard InChI is InChI=1S/C23H18FN5O3S2/c1-12(22-26-20(29-32-22)14-7-9-15(24)10-8-14)25-21(30)19-17(11-33-23-28-27-13(2)34-23)16-5-3-4-6-18(16)31-19/h3-10,12H,11H2,1-2H3,(H,25,30). The number of para-hydroxylation sites is 1. The molecule has 0 aliphatic heterocycles. The molecule has 0 radical (unpaired) electrons. The van der Waals surface area contributed by atoms with Gasteiger partial charge in [0.2, 0.25) is 11.7 Å². The smallest absolute Gasteiger partial charge is 0.288 e. The number of fused-ring (bicyclic) bond motifs is 1. The molecule has 1 amide bonds. The number of hydrogen-bond donors (Lipinski definition) is 1. The fourth-order valence-electron chi connectivity index (χ4n) is 3.35. The minimum absolute atomic E-state index is 0.222. The molecule has 11 heteroatoms. The minimum atomic E-state index is -0.575. The SMILES string of the molecule is Cc1nnc(SCc2c(C(=O)NC(C)c3nc(-c4ccc(F)cc4)no3)oc3ccccc23)s1. The van der Waals surface area contributed by atoms with Gasteiger partial charge in [-0.3, -0.25) is 4.79 Å². The second kappa shape index (κ2) is 9.35. The van der Waals surface area contributed by atoms with Crippen molar-refractivity contribution in [2.24, 2.45) is 0 Å². The molecule has 0 saturated heterocycles. The maximum atomic E-state index is 13.2. The van der Waals surface area contributed by atoms with Crippen molar-refractivity contribution < 1.29 is 18.1 Å². The van der Waals surface area contributed by atoms with E-state index >= 15 is 0 Å². The van der Waals surface area contributed by atoms with Crippen LogP contribution < -0.4 is 5.32 Å². The number of hydrogen-bond acceptors (Lipinski definition) is 9. The largest absolute Gasteiger partial charge is 0.451 e. The van der Waals surface area contributed by atoms with Crippen LogP contribution in [0.4, 0.5) is 4.39 Å². The average molecular weight is 496 g/mol. The van der Waals surface area contributed by atoms with E-state index in [9.17, 15) is 9.18 Å². The number of carbonyl (C=O) groups excluding carboxylic acids is 1. The van der Waals surface area contributed by atoms with Gasteiger partial charge in [-0.15, -0.1) is 10.2 Å². The number of aryl methyl sites for hydroxylation is 1. The Labute approximate surface area is 201 Å². The Hall–Kier alpha value is -3.57. The van der Waals surface area contributed by atoms with Gasteiger partial charge < -0.3 is 14.3 Å². The number of amides is 1. The molecule has 5 aromatic rings. The second-order valence-electron chi connectivity index (χ2n) is 7.44. The monoisotopic (exact) mass is 495 g/mol. The first-order valence-electron chi connectivity index (χ1n) is 10.3. The summed E-state index contributed by atoms with van der Waals surface area (Å²) in [6.07, 6.45) is 0. The number of nitrogens with zero attached hydrogens (tertiary/aromatic N) is 4. The van der Waals surface area contributed by atoms with Crippen molar-refractivity contribution in [3.05, 3.63) is 76.6 Å². The van der Waals surface area contributed by atoms with Crippen LogP contribution in [0, 0.1) is 12.7 Å².